The van der Waals surface area contributed by atoms with Crippen LogP contribution in [0.4, 0.5) is 0 Å². The van der Waals surface area contributed by atoms with Crippen molar-refractivity contribution in [2.75, 3.05) is 7.05 Å². The van der Waals surface area contributed by atoms with Crippen LogP contribution in [0.3, 0.4) is 0 Å². The summed E-state index contributed by atoms with van der Waals surface area (Å²) in [7, 11) is 2.04. The number of rotatable bonds is 5. The first-order chi connectivity index (χ1) is 9.28. The van der Waals surface area contributed by atoms with Crippen LogP contribution in [0.1, 0.15) is 70.6 Å². The van der Waals surface area contributed by atoms with E-state index < -0.39 is 0 Å². The molecule has 0 aromatic heterocycles. The molecule has 1 amide bonds. The first-order valence-corrected chi connectivity index (χ1v) is 8.24. The van der Waals surface area contributed by atoms with Crippen molar-refractivity contribution in [3.63, 3.8) is 0 Å². The lowest BCUT2D eigenvalue weighted by atomic mass is 9.86. The van der Waals surface area contributed by atoms with Gasteiger partial charge in [-0.2, -0.15) is 0 Å². The van der Waals surface area contributed by atoms with E-state index in [1.807, 2.05) is 7.05 Å². The van der Waals surface area contributed by atoms with Gasteiger partial charge >= 0.3 is 0 Å². The molecule has 0 aliphatic heterocycles. The number of carbonyl (C=O) groups is 1. The number of hydrogen-bond donors (Lipinski definition) is 2. The van der Waals surface area contributed by atoms with Gasteiger partial charge in [0.2, 0.25) is 5.91 Å². The summed E-state index contributed by atoms with van der Waals surface area (Å²) in [5.41, 5.74) is 0. The van der Waals surface area contributed by atoms with E-state index in [4.69, 9.17) is 0 Å². The highest BCUT2D eigenvalue weighted by Crippen LogP contribution is 2.27. The van der Waals surface area contributed by atoms with Gasteiger partial charge in [0.1, 0.15) is 0 Å². The Morgan fingerprint density at radius 1 is 0.947 bits per heavy atom. The zero-order valence-corrected chi connectivity index (χ0v) is 12.4. The van der Waals surface area contributed by atoms with E-state index >= 15 is 0 Å². The highest BCUT2D eigenvalue weighted by molar-refractivity contribution is 5.76. The topological polar surface area (TPSA) is 41.1 Å². The molecule has 2 N–H and O–H groups in total. The van der Waals surface area contributed by atoms with Crippen LogP contribution < -0.4 is 10.6 Å². The van der Waals surface area contributed by atoms with Crippen molar-refractivity contribution in [3.05, 3.63) is 0 Å². The quantitative estimate of drug-likeness (QED) is 0.803. The minimum absolute atomic E-state index is 0.290. The number of amides is 1. The smallest absolute Gasteiger partial charge is 0.220 e. The second kappa shape index (κ2) is 7.88. The van der Waals surface area contributed by atoms with Crippen LogP contribution in [-0.2, 0) is 4.79 Å². The van der Waals surface area contributed by atoms with Crippen LogP contribution in [0, 0.1) is 5.92 Å². The monoisotopic (exact) mass is 266 g/mol. The summed E-state index contributed by atoms with van der Waals surface area (Å²) in [4.78, 5) is 12.0. The third kappa shape index (κ3) is 5.13. The molecule has 2 aliphatic rings. The molecule has 2 saturated carbocycles. The molecule has 0 aromatic rings. The molecule has 2 aliphatic carbocycles. The van der Waals surface area contributed by atoms with Crippen LogP contribution in [-0.4, -0.2) is 25.0 Å². The highest BCUT2D eigenvalue weighted by Gasteiger charge is 2.21. The molecule has 0 radical (unpaired) electrons. The number of carbonyl (C=O) groups excluding carboxylic acids is 1. The van der Waals surface area contributed by atoms with Crippen LogP contribution in [0.5, 0.6) is 0 Å². The molecule has 0 heterocycles. The lowest BCUT2D eigenvalue weighted by Gasteiger charge is -2.29. The van der Waals surface area contributed by atoms with Crippen LogP contribution in [0.15, 0.2) is 0 Å². The standard InChI is InChI=1S/C16H30N2O/c1-17-14-8-10-15(11-9-14)18-16(19)12-7-13-5-3-2-4-6-13/h13-15,17H,2-12H2,1H3,(H,18,19). The summed E-state index contributed by atoms with van der Waals surface area (Å²) in [5.74, 6) is 1.11. The van der Waals surface area contributed by atoms with E-state index in [-0.39, 0.29) is 0 Å². The molecule has 2 rings (SSSR count). The Morgan fingerprint density at radius 3 is 2.21 bits per heavy atom. The molecule has 19 heavy (non-hydrogen) atoms. The lowest BCUT2D eigenvalue weighted by Crippen LogP contribution is -2.41. The van der Waals surface area contributed by atoms with E-state index in [0.717, 1.165) is 31.6 Å². The van der Waals surface area contributed by atoms with Crippen molar-refractivity contribution in [2.45, 2.75) is 82.7 Å². The molecule has 110 valence electrons. The largest absolute Gasteiger partial charge is 0.353 e. The van der Waals surface area contributed by atoms with Gasteiger partial charge in [-0.15, -0.1) is 0 Å². The van der Waals surface area contributed by atoms with E-state index in [2.05, 4.69) is 10.6 Å². The summed E-state index contributed by atoms with van der Waals surface area (Å²) < 4.78 is 0. The average Bonchev–Trinajstić information content (AvgIpc) is 2.47. The third-order valence-corrected chi connectivity index (χ3v) is 5.00. The Labute approximate surface area is 117 Å². The van der Waals surface area contributed by atoms with Gasteiger partial charge in [-0.05, 0) is 45.1 Å². The predicted molar refractivity (Wildman–Crippen MR) is 79.1 cm³/mol. The van der Waals surface area contributed by atoms with Crippen LogP contribution in [0.25, 0.3) is 0 Å². The SMILES string of the molecule is CNC1CCC(NC(=O)CCC2CCCCC2)CC1. The molecule has 0 atom stereocenters. The van der Waals surface area contributed by atoms with Gasteiger partial charge in [0.25, 0.3) is 0 Å². The van der Waals surface area contributed by atoms with Crippen molar-refractivity contribution >= 4 is 5.91 Å². The van der Waals surface area contributed by atoms with Gasteiger partial charge < -0.3 is 10.6 Å². The third-order valence-electron chi connectivity index (χ3n) is 5.00. The first-order valence-electron chi connectivity index (χ1n) is 8.24. The maximum atomic E-state index is 12.0. The Bertz CT molecular complexity index is 266. The maximum absolute atomic E-state index is 12.0. The highest BCUT2D eigenvalue weighted by atomic mass is 16.1. The van der Waals surface area contributed by atoms with E-state index in [9.17, 15) is 4.79 Å². The summed E-state index contributed by atoms with van der Waals surface area (Å²) in [6.07, 6.45) is 13.4. The molecular formula is C16H30N2O. The second-order valence-corrected chi connectivity index (χ2v) is 6.45. The number of nitrogens with one attached hydrogen (secondary N) is 2. The van der Waals surface area contributed by atoms with Gasteiger partial charge in [0.05, 0.1) is 0 Å². The van der Waals surface area contributed by atoms with Gasteiger partial charge in [-0.3, -0.25) is 4.79 Å². The molecule has 0 bridgehead atoms. The summed E-state index contributed by atoms with van der Waals surface area (Å²) in [6.45, 7) is 0. The first kappa shape index (κ1) is 14.8. The van der Waals surface area contributed by atoms with Gasteiger partial charge in [-0.1, -0.05) is 32.1 Å². The van der Waals surface area contributed by atoms with Crippen LogP contribution in [0.2, 0.25) is 0 Å². The van der Waals surface area contributed by atoms with Crippen molar-refractivity contribution < 1.29 is 4.79 Å². The minimum atomic E-state index is 0.290. The van der Waals surface area contributed by atoms with E-state index in [0.29, 0.717) is 18.0 Å². The zero-order chi connectivity index (χ0) is 13.5. The molecule has 0 spiro atoms. The fraction of sp³-hybridized carbons (Fsp3) is 0.938. The molecule has 0 unspecified atom stereocenters. The summed E-state index contributed by atoms with van der Waals surface area (Å²) in [6, 6.07) is 1.10. The fourth-order valence-electron chi connectivity index (χ4n) is 3.64. The van der Waals surface area contributed by atoms with Crippen LogP contribution >= 0.6 is 0 Å². The second-order valence-electron chi connectivity index (χ2n) is 6.45. The zero-order valence-electron chi connectivity index (χ0n) is 12.4. The average molecular weight is 266 g/mol. The fourth-order valence-corrected chi connectivity index (χ4v) is 3.64. The number of hydrogen-bond acceptors (Lipinski definition) is 2. The van der Waals surface area contributed by atoms with Crippen molar-refractivity contribution in [1.82, 2.24) is 10.6 Å². The Hall–Kier alpha value is -0.570. The molecule has 0 saturated heterocycles. The predicted octanol–water partition coefficient (Wildman–Crippen LogP) is 2.99. The van der Waals surface area contributed by atoms with E-state index in [1.54, 1.807) is 0 Å². The van der Waals surface area contributed by atoms with E-state index in [1.165, 1.54) is 44.9 Å². The van der Waals surface area contributed by atoms with Gasteiger partial charge in [0, 0.05) is 18.5 Å². The van der Waals surface area contributed by atoms with Crippen molar-refractivity contribution in [3.8, 4) is 0 Å². The molecule has 3 nitrogen and oxygen atoms in total. The summed E-state index contributed by atoms with van der Waals surface area (Å²) >= 11 is 0. The van der Waals surface area contributed by atoms with Crippen molar-refractivity contribution in [2.24, 2.45) is 5.92 Å². The van der Waals surface area contributed by atoms with Gasteiger partial charge in [0.15, 0.2) is 0 Å². The molecule has 3 heteroatoms. The van der Waals surface area contributed by atoms with Gasteiger partial charge in [-0.25, -0.2) is 0 Å². The Morgan fingerprint density at radius 2 is 1.58 bits per heavy atom. The molecule has 2 fully saturated rings. The molecule has 0 aromatic carbocycles. The summed E-state index contributed by atoms with van der Waals surface area (Å²) in [5, 5.41) is 6.57. The normalized spacial score (nSPS) is 29.1. The molecular weight excluding hydrogens is 236 g/mol. The Kier molecular flexibility index (Phi) is 6.15. The maximum Gasteiger partial charge on any atom is 0.220 e. The lowest BCUT2D eigenvalue weighted by molar-refractivity contribution is -0.122. The Balaban J connectivity index is 1.59. The minimum Gasteiger partial charge on any atom is -0.353 e. The van der Waals surface area contributed by atoms with Crippen molar-refractivity contribution in [1.29, 1.82) is 0 Å².